The van der Waals surface area contributed by atoms with E-state index in [1.807, 2.05) is 30.3 Å². The summed E-state index contributed by atoms with van der Waals surface area (Å²) < 4.78 is 15.9. The van der Waals surface area contributed by atoms with Crippen molar-refractivity contribution in [1.29, 1.82) is 5.26 Å². The second-order valence-electron chi connectivity index (χ2n) is 6.51. The van der Waals surface area contributed by atoms with E-state index in [4.69, 9.17) is 14.2 Å². The molecule has 1 N–H and O–H groups in total. The highest BCUT2D eigenvalue weighted by Gasteiger charge is 2.15. The van der Waals surface area contributed by atoms with Crippen LogP contribution in [-0.4, -0.2) is 27.2 Å². The summed E-state index contributed by atoms with van der Waals surface area (Å²) in [7, 11) is 4.52. The molecule has 2 aromatic rings. The molecule has 0 bridgehead atoms. The van der Waals surface area contributed by atoms with Crippen LogP contribution in [0.2, 0.25) is 0 Å². The van der Waals surface area contributed by atoms with Crippen molar-refractivity contribution in [3.8, 4) is 23.3 Å². The van der Waals surface area contributed by atoms with Gasteiger partial charge in [0, 0.05) is 5.69 Å². The van der Waals surface area contributed by atoms with Gasteiger partial charge in [-0.1, -0.05) is 26.0 Å². The fourth-order valence-electron chi connectivity index (χ4n) is 2.83. The van der Waals surface area contributed by atoms with Crippen LogP contribution in [0.25, 0.3) is 6.08 Å². The molecule has 0 heterocycles. The van der Waals surface area contributed by atoms with E-state index >= 15 is 0 Å². The van der Waals surface area contributed by atoms with E-state index in [9.17, 15) is 10.1 Å². The van der Waals surface area contributed by atoms with Gasteiger partial charge < -0.3 is 19.5 Å². The minimum Gasteiger partial charge on any atom is -0.493 e. The molecule has 0 saturated heterocycles. The van der Waals surface area contributed by atoms with Crippen LogP contribution in [-0.2, 0) is 4.79 Å². The van der Waals surface area contributed by atoms with E-state index in [1.54, 1.807) is 12.1 Å². The zero-order valence-corrected chi connectivity index (χ0v) is 17.4. The highest BCUT2D eigenvalue weighted by molar-refractivity contribution is 6.09. The third-order valence-electron chi connectivity index (χ3n) is 4.71. The number of hydrogen-bond donors (Lipinski definition) is 1. The molecule has 2 aromatic carbocycles. The number of nitrogens with one attached hydrogen (secondary N) is 1. The van der Waals surface area contributed by atoms with Crippen molar-refractivity contribution in [1.82, 2.24) is 0 Å². The minimum absolute atomic E-state index is 0.0368. The fourth-order valence-corrected chi connectivity index (χ4v) is 2.83. The molecule has 1 atom stereocenters. The molecule has 0 unspecified atom stereocenters. The minimum atomic E-state index is -0.488. The zero-order chi connectivity index (χ0) is 21.4. The van der Waals surface area contributed by atoms with E-state index < -0.39 is 5.91 Å². The van der Waals surface area contributed by atoms with Crippen LogP contribution < -0.4 is 19.5 Å². The van der Waals surface area contributed by atoms with Crippen LogP contribution in [0.5, 0.6) is 17.2 Å². The van der Waals surface area contributed by atoms with Crippen molar-refractivity contribution >= 4 is 17.7 Å². The number of hydrogen-bond acceptors (Lipinski definition) is 5. The summed E-state index contributed by atoms with van der Waals surface area (Å²) in [6.07, 6.45) is 2.52. The maximum absolute atomic E-state index is 12.6. The van der Waals surface area contributed by atoms with Gasteiger partial charge in [0.1, 0.15) is 11.6 Å². The molecule has 0 aliphatic rings. The third-order valence-corrected chi connectivity index (χ3v) is 4.71. The average molecular weight is 394 g/mol. The highest BCUT2D eigenvalue weighted by Crippen LogP contribution is 2.38. The maximum Gasteiger partial charge on any atom is 0.266 e. The molecule has 0 aliphatic carbocycles. The number of carbonyl (C=O) groups is 1. The second kappa shape index (κ2) is 10.2. The van der Waals surface area contributed by atoms with Crippen molar-refractivity contribution in [2.24, 2.45) is 0 Å². The van der Waals surface area contributed by atoms with Gasteiger partial charge in [-0.15, -0.1) is 0 Å². The number of methoxy groups -OCH3 is 3. The lowest BCUT2D eigenvalue weighted by atomic mass is 9.98. The van der Waals surface area contributed by atoms with Gasteiger partial charge in [0.2, 0.25) is 5.75 Å². The Morgan fingerprint density at radius 3 is 2.14 bits per heavy atom. The lowest BCUT2D eigenvalue weighted by molar-refractivity contribution is -0.112. The summed E-state index contributed by atoms with van der Waals surface area (Å²) in [5.74, 6) is 1.29. The topological polar surface area (TPSA) is 80.6 Å². The molecule has 0 aliphatic heterocycles. The lowest BCUT2D eigenvalue weighted by Crippen LogP contribution is -2.13. The van der Waals surface area contributed by atoms with Gasteiger partial charge in [-0.2, -0.15) is 5.26 Å². The molecule has 0 fully saturated rings. The number of anilines is 1. The van der Waals surface area contributed by atoms with Crippen molar-refractivity contribution in [3.05, 3.63) is 53.1 Å². The van der Waals surface area contributed by atoms with E-state index in [-0.39, 0.29) is 5.57 Å². The molecule has 152 valence electrons. The average Bonchev–Trinajstić information content (AvgIpc) is 2.76. The van der Waals surface area contributed by atoms with Gasteiger partial charge in [-0.05, 0) is 53.8 Å². The number of benzene rings is 2. The third kappa shape index (κ3) is 5.29. The summed E-state index contributed by atoms with van der Waals surface area (Å²) >= 11 is 0. The Bertz CT molecular complexity index is 902. The predicted octanol–water partition coefficient (Wildman–Crippen LogP) is 4.77. The molecule has 1 amide bonds. The monoisotopic (exact) mass is 394 g/mol. The van der Waals surface area contributed by atoms with E-state index in [2.05, 4.69) is 19.2 Å². The Balaban J connectivity index is 2.27. The van der Waals surface area contributed by atoms with Gasteiger partial charge in [0.05, 0.1) is 21.3 Å². The lowest BCUT2D eigenvalue weighted by Gasteiger charge is -2.13. The predicted molar refractivity (Wildman–Crippen MR) is 113 cm³/mol. The Morgan fingerprint density at radius 2 is 1.69 bits per heavy atom. The normalized spacial score (nSPS) is 11.9. The quantitative estimate of drug-likeness (QED) is 0.515. The zero-order valence-electron chi connectivity index (χ0n) is 17.4. The van der Waals surface area contributed by atoms with Crippen molar-refractivity contribution in [2.75, 3.05) is 26.6 Å². The number of carbonyl (C=O) groups excluding carboxylic acids is 1. The van der Waals surface area contributed by atoms with Gasteiger partial charge >= 0.3 is 0 Å². The SMILES string of the molecule is CC[C@@H](C)c1ccc(NC(=O)/C(C#N)=C/c2cc(OC)c(OC)c(OC)c2)cc1. The molecular weight excluding hydrogens is 368 g/mol. The van der Waals surface area contributed by atoms with Crippen molar-refractivity contribution < 1.29 is 19.0 Å². The van der Waals surface area contributed by atoms with E-state index in [1.165, 1.54) is 33.0 Å². The van der Waals surface area contributed by atoms with Gasteiger partial charge in [0.25, 0.3) is 5.91 Å². The number of nitriles is 1. The molecule has 6 nitrogen and oxygen atoms in total. The second-order valence-corrected chi connectivity index (χ2v) is 6.51. The number of nitrogens with zero attached hydrogens (tertiary/aromatic N) is 1. The van der Waals surface area contributed by atoms with Gasteiger partial charge in [-0.3, -0.25) is 4.79 Å². The molecule has 0 saturated carbocycles. The number of rotatable bonds is 8. The fraction of sp³-hybridized carbons (Fsp3) is 0.304. The van der Waals surface area contributed by atoms with Crippen molar-refractivity contribution in [2.45, 2.75) is 26.2 Å². The molecule has 6 heteroatoms. The Morgan fingerprint density at radius 1 is 1.10 bits per heavy atom. The van der Waals surface area contributed by atoms with Gasteiger partial charge in [-0.25, -0.2) is 0 Å². The summed E-state index contributed by atoms with van der Waals surface area (Å²) in [5.41, 5.74) is 2.38. The van der Waals surface area contributed by atoms with Crippen LogP contribution in [0.3, 0.4) is 0 Å². The van der Waals surface area contributed by atoms with Crippen LogP contribution in [0.15, 0.2) is 42.0 Å². The molecule has 0 aromatic heterocycles. The van der Waals surface area contributed by atoms with E-state index in [0.717, 1.165) is 6.42 Å². The summed E-state index contributed by atoms with van der Waals surface area (Å²) in [6, 6.07) is 12.9. The Hall–Kier alpha value is -3.46. The van der Waals surface area contributed by atoms with Crippen molar-refractivity contribution in [3.63, 3.8) is 0 Å². The Kier molecular flexibility index (Phi) is 7.67. The first-order valence-corrected chi connectivity index (χ1v) is 9.30. The maximum atomic E-state index is 12.6. The molecule has 29 heavy (non-hydrogen) atoms. The summed E-state index contributed by atoms with van der Waals surface area (Å²) in [5, 5.41) is 12.2. The smallest absolute Gasteiger partial charge is 0.266 e. The van der Waals surface area contributed by atoms with Crippen LogP contribution in [0.1, 0.15) is 37.3 Å². The Labute approximate surface area is 171 Å². The van der Waals surface area contributed by atoms with Crippen LogP contribution in [0, 0.1) is 11.3 Å². The first-order chi connectivity index (χ1) is 14.0. The summed E-state index contributed by atoms with van der Waals surface area (Å²) in [4.78, 5) is 12.6. The standard InChI is InChI=1S/C23H26N2O4/c1-6-15(2)17-7-9-19(10-8-17)25-23(26)18(14-24)11-16-12-20(27-3)22(29-5)21(13-16)28-4/h7-13,15H,6H2,1-5H3,(H,25,26)/b18-11+/t15-/m1/s1. The molecule has 0 spiro atoms. The van der Waals surface area contributed by atoms with Gasteiger partial charge in [0.15, 0.2) is 11.5 Å². The highest BCUT2D eigenvalue weighted by atomic mass is 16.5. The van der Waals surface area contributed by atoms with E-state index in [0.29, 0.717) is 34.4 Å². The number of ether oxygens (including phenoxy) is 3. The molecule has 0 radical (unpaired) electrons. The molecule has 2 rings (SSSR count). The largest absolute Gasteiger partial charge is 0.493 e. The summed E-state index contributed by atoms with van der Waals surface area (Å²) in [6.45, 7) is 4.29. The first-order valence-electron chi connectivity index (χ1n) is 9.30. The van der Waals surface area contributed by atoms with Crippen LogP contribution >= 0.6 is 0 Å². The number of amides is 1. The van der Waals surface area contributed by atoms with Crippen LogP contribution in [0.4, 0.5) is 5.69 Å². The molecular formula is C23H26N2O4. The first kappa shape index (κ1) is 21.8.